The molecule has 4 atom stereocenters. The number of carbonyl (C=O) groups is 2. The van der Waals surface area contributed by atoms with Crippen LogP contribution in [0.25, 0.3) is 0 Å². The van der Waals surface area contributed by atoms with E-state index in [1.165, 1.54) is 18.2 Å². The third-order valence-corrected chi connectivity index (χ3v) is 3.62. The molecule has 0 saturated carbocycles. The fraction of sp³-hybridized carbons (Fsp3) is 0.286. The highest BCUT2D eigenvalue weighted by Gasteiger charge is 2.53. The molecule has 1 fully saturated rings. The summed E-state index contributed by atoms with van der Waals surface area (Å²) in [5.41, 5.74) is 0.0355. The number of hydrogen-bond donors (Lipinski definition) is 2. The molecule has 2 aliphatic rings. The molecule has 104 valence electrons. The molecule has 6 heteroatoms. The lowest BCUT2D eigenvalue weighted by Crippen LogP contribution is -2.39. The van der Waals surface area contributed by atoms with Crippen molar-refractivity contribution in [1.29, 1.82) is 0 Å². The number of anilines is 1. The van der Waals surface area contributed by atoms with Crippen LogP contribution in [0.15, 0.2) is 36.4 Å². The number of nitrogens with one attached hydrogen (secondary N) is 1. The zero-order chi connectivity index (χ0) is 14.3. The summed E-state index contributed by atoms with van der Waals surface area (Å²) in [4.78, 5) is 23.5. The van der Waals surface area contributed by atoms with Gasteiger partial charge >= 0.3 is 5.97 Å². The molecule has 5 nitrogen and oxygen atoms in total. The number of rotatable bonds is 3. The van der Waals surface area contributed by atoms with Crippen LogP contribution in [0.4, 0.5) is 10.1 Å². The van der Waals surface area contributed by atoms with Crippen molar-refractivity contribution in [2.24, 2.45) is 11.8 Å². The van der Waals surface area contributed by atoms with Gasteiger partial charge in [0, 0.05) is 0 Å². The van der Waals surface area contributed by atoms with Gasteiger partial charge in [0.2, 0.25) is 5.91 Å². The van der Waals surface area contributed by atoms with Crippen LogP contribution < -0.4 is 5.32 Å². The zero-order valence-corrected chi connectivity index (χ0v) is 10.3. The first-order valence-electron chi connectivity index (χ1n) is 6.20. The largest absolute Gasteiger partial charge is 0.481 e. The number of ether oxygens (including phenoxy) is 1. The van der Waals surface area contributed by atoms with Gasteiger partial charge in [0.1, 0.15) is 11.7 Å². The minimum Gasteiger partial charge on any atom is -0.481 e. The number of benzene rings is 1. The molecule has 2 N–H and O–H groups in total. The van der Waals surface area contributed by atoms with Gasteiger partial charge in [-0.3, -0.25) is 9.59 Å². The number of amides is 1. The van der Waals surface area contributed by atoms with E-state index in [0.29, 0.717) is 0 Å². The summed E-state index contributed by atoms with van der Waals surface area (Å²) in [5.74, 6) is -3.97. The lowest BCUT2D eigenvalue weighted by atomic mass is 9.82. The van der Waals surface area contributed by atoms with E-state index in [4.69, 9.17) is 4.74 Å². The van der Waals surface area contributed by atoms with E-state index in [-0.39, 0.29) is 5.69 Å². The SMILES string of the molecule is O=C(O)[C@@H]1[C@@H](C(=O)Nc2ccccc2F)[C@H]2C=C[C@H]1O2. The molecule has 2 heterocycles. The van der Waals surface area contributed by atoms with Gasteiger partial charge in [0.25, 0.3) is 0 Å². The molecule has 0 unspecified atom stereocenters. The number of carboxylic acid groups (broad SMARTS) is 1. The molecule has 1 saturated heterocycles. The summed E-state index contributed by atoms with van der Waals surface area (Å²) in [6.07, 6.45) is 2.17. The molecular formula is C14H12FNO4. The number of fused-ring (bicyclic) bond motifs is 2. The molecule has 1 aromatic rings. The van der Waals surface area contributed by atoms with E-state index < -0.39 is 41.7 Å². The van der Waals surface area contributed by atoms with Gasteiger partial charge in [-0.25, -0.2) is 4.39 Å². The Morgan fingerprint density at radius 2 is 1.80 bits per heavy atom. The average molecular weight is 277 g/mol. The molecule has 1 aromatic carbocycles. The van der Waals surface area contributed by atoms with E-state index in [1.54, 1.807) is 18.2 Å². The van der Waals surface area contributed by atoms with Gasteiger partial charge in [-0.05, 0) is 12.1 Å². The molecule has 0 radical (unpaired) electrons. The van der Waals surface area contributed by atoms with Crippen LogP contribution in [0.1, 0.15) is 0 Å². The summed E-state index contributed by atoms with van der Waals surface area (Å²) >= 11 is 0. The molecule has 0 spiro atoms. The topological polar surface area (TPSA) is 75.6 Å². The Morgan fingerprint density at radius 3 is 2.45 bits per heavy atom. The van der Waals surface area contributed by atoms with Gasteiger partial charge in [0.15, 0.2) is 0 Å². The fourth-order valence-electron chi connectivity index (χ4n) is 2.69. The van der Waals surface area contributed by atoms with E-state index in [9.17, 15) is 19.1 Å². The van der Waals surface area contributed by atoms with Crippen LogP contribution in [0, 0.1) is 17.7 Å². The third kappa shape index (κ3) is 1.98. The Hall–Kier alpha value is -2.21. The molecular weight excluding hydrogens is 265 g/mol. The number of hydrogen-bond acceptors (Lipinski definition) is 3. The van der Waals surface area contributed by atoms with Crippen LogP contribution in [0.3, 0.4) is 0 Å². The first-order chi connectivity index (χ1) is 9.58. The maximum atomic E-state index is 13.5. The molecule has 1 amide bonds. The molecule has 2 aliphatic heterocycles. The molecule has 0 aromatic heterocycles. The molecule has 20 heavy (non-hydrogen) atoms. The van der Waals surface area contributed by atoms with Gasteiger partial charge in [-0.15, -0.1) is 0 Å². The normalized spacial score (nSPS) is 30.4. The Morgan fingerprint density at radius 1 is 1.15 bits per heavy atom. The van der Waals surface area contributed by atoms with Crippen LogP contribution in [0.5, 0.6) is 0 Å². The first-order valence-corrected chi connectivity index (χ1v) is 6.20. The predicted molar refractivity (Wildman–Crippen MR) is 67.4 cm³/mol. The van der Waals surface area contributed by atoms with Crippen molar-refractivity contribution in [3.05, 3.63) is 42.2 Å². The van der Waals surface area contributed by atoms with Crippen molar-refractivity contribution in [2.45, 2.75) is 12.2 Å². The van der Waals surface area contributed by atoms with Crippen molar-refractivity contribution in [1.82, 2.24) is 0 Å². The Labute approximate surface area is 114 Å². The smallest absolute Gasteiger partial charge is 0.310 e. The monoisotopic (exact) mass is 277 g/mol. The standard InChI is InChI=1S/C14H12FNO4/c15-7-3-1-2-4-8(7)16-13(17)11-9-5-6-10(20-9)12(11)14(18)19/h1-6,9-12H,(H,16,17)(H,18,19)/t9-,10-,11+,12+/m1/s1. The number of carbonyl (C=O) groups excluding carboxylic acids is 1. The van der Waals surface area contributed by atoms with Crippen LogP contribution in [-0.4, -0.2) is 29.2 Å². The van der Waals surface area contributed by atoms with Gasteiger partial charge in [-0.1, -0.05) is 24.3 Å². The second kappa shape index (κ2) is 4.72. The summed E-state index contributed by atoms with van der Waals surface area (Å²) < 4.78 is 18.9. The van der Waals surface area contributed by atoms with Crippen molar-refractivity contribution in [2.75, 3.05) is 5.32 Å². The summed E-state index contributed by atoms with van der Waals surface area (Å²) in [6.45, 7) is 0. The second-order valence-electron chi connectivity index (χ2n) is 4.81. The van der Waals surface area contributed by atoms with Crippen LogP contribution in [-0.2, 0) is 14.3 Å². The molecule has 3 rings (SSSR count). The fourth-order valence-corrected chi connectivity index (χ4v) is 2.69. The van der Waals surface area contributed by atoms with Crippen molar-refractivity contribution < 1.29 is 23.8 Å². The molecule has 0 aliphatic carbocycles. The van der Waals surface area contributed by atoms with Crippen LogP contribution in [0.2, 0.25) is 0 Å². The minimum absolute atomic E-state index is 0.0355. The minimum atomic E-state index is -1.09. The van der Waals surface area contributed by atoms with E-state index in [1.807, 2.05) is 0 Å². The highest BCUT2D eigenvalue weighted by atomic mass is 19.1. The van der Waals surface area contributed by atoms with Gasteiger partial charge in [0.05, 0.1) is 23.8 Å². The highest BCUT2D eigenvalue weighted by Crippen LogP contribution is 2.39. The summed E-state index contributed by atoms with van der Waals surface area (Å²) in [6, 6.07) is 5.74. The number of carboxylic acids is 1. The Kier molecular flexibility index (Phi) is 3.02. The first kappa shape index (κ1) is 12.8. The maximum Gasteiger partial charge on any atom is 0.310 e. The van der Waals surface area contributed by atoms with E-state index in [0.717, 1.165) is 0 Å². The lowest BCUT2D eigenvalue weighted by molar-refractivity contribution is -0.145. The van der Waals surface area contributed by atoms with Crippen molar-refractivity contribution in [3.8, 4) is 0 Å². The Balaban J connectivity index is 1.82. The maximum absolute atomic E-state index is 13.5. The van der Waals surface area contributed by atoms with Gasteiger partial charge in [-0.2, -0.15) is 0 Å². The highest BCUT2D eigenvalue weighted by molar-refractivity contribution is 5.96. The van der Waals surface area contributed by atoms with Crippen LogP contribution >= 0.6 is 0 Å². The summed E-state index contributed by atoms with van der Waals surface area (Å²) in [5, 5.41) is 11.6. The van der Waals surface area contributed by atoms with Crippen molar-refractivity contribution in [3.63, 3.8) is 0 Å². The third-order valence-electron chi connectivity index (χ3n) is 3.62. The lowest BCUT2D eigenvalue weighted by Gasteiger charge is -2.21. The van der Waals surface area contributed by atoms with Crippen molar-refractivity contribution >= 4 is 17.6 Å². The zero-order valence-electron chi connectivity index (χ0n) is 10.3. The van der Waals surface area contributed by atoms with E-state index in [2.05, 4.69) is 5.32 Å². The Bertz CT molecular complexity index is 601. The quantitative estimate of drug-likeness (QED) is 0.819. The summed E-state index contributed by atoms with van der Waals surface area (Å²) in [7, 11) is 0. The second-order valence-corrected chi connectivity index (χ2v) is 4.81. The predicted octanol–water partition coefficient (Wildman–Crippen LogP) is 1.42. The number of aliphatic carboxylic acids is 1. The number of para-hydroxylation sites is 1. The van der Waals surface area contributed by atoms with E-state index >= 15 is 0 Å². The molecule has 2 bridgehead atoms. The van der Waals surface area contributed by atoms with Gasteiger partial charge < -0.3 is 15.2 Å². The number of halogens is 1. The average Bonchev–Trinajstić information content (AvgIpc) is 3.01.